The maximum absolute atomic E-state index is 11.5. The van der Waals surface area contributed by atoms with Gasteiger partial charge in [-0.1, -0.05) is 11.3 Å². The van der Waals surface area contributed by atoms with Crippen LogP contribution in [0.2, 0.25) is 0 Å². The molecule has 0 aliphatic rings. The molecule has 2 rings (SSSR count). The third kappa shape index (κ3) is 6.49. The lowest BCUT2D eigenvalue weighted by atomic mass is 10.1. The maximum atomic E-state index is 11.5. The summed E-state index contributed by atoms with van der Waals surface area (Å²) in [7, 11) is 1.61. The summed E-state index contributed by atoms with van der Waals surface area (Å²) in [6.07, 6.45) is 4.65. The molecule has 0 aliphatic carbocycles. The molecule has 6 nitrogen and oxygen atoms in total. The van der Waals surface area contributed by atoms with Gasteiger partial charge in [0.15, 0.2) is 0 Å². The molecule has 1 aromatic carbocycles. The van der Waals surface area contributed by atoms with Gasteiger partial charge in [-0.15, -0.1) is 0 Å². The largest absolute Gasteiger partial charge is 0.491 e. The van der Waals surface area contributed by atoms with E-state index in [2.05, 4.69) is 20.9 Å². The van der Waals surface area contributed by atoms with Gasteiger partial charge in [0, 0.05) is 24.8 Å². The highest BCUT2D eigenvalue weighted by Crippen LogP contribution is 2.34. The quantitative estimate of drug-likeness (QED) is 0.337. The van der Waals surface area contributed by atoms with E-state index >= 15 is 0 Å². The molecule has 0 spiro atoms. The van der Waals surface area contributed by atoms with Crippen molar-refractivity contribution in [1.29, 1.82) is 0 Å². The average Bonchev–Trinajstić information content (AvgIpc) is 2.99. The predicted molar refractivity (Wildman–Crippen MR) is 99.4 cm³/mol. The average molecular weight is 428 g/mol. The standard InChI is InChI=1S/C17H18BrNO5S/c1-3-22-16(20)7-5-12-4-6-13(23-9-8-21-2)10-14(12)24-17-19-11-15(18)25-17/h4-7,10-11H,3,8-9H2,1-2H3. The third-order valence-corrected chi connectivity index (χ3v) is 4.23. The van der Waals surface area contributed by atoms with Gasteiger partial charge in [-0.05, 0) is 41.1 Å². The van der Waals surface area contributed by atoms with E-state index in [1.54, 1.807) is 44.5 Å². The molecule has 0 saturated heterocycles. The Morgan fingerprint density at radius 3 is 2.88 bits per heavy atom. The zero-order valence-electron chi connectivity index (χ0n) is 13.9. The van der Waals surface area contributed by atoms with Crippen LogP contribution in [0.25, 0.3) is 6.08 Å². The molecule has 25 heavy (non-hydrogen) atoms. The van der Waals surface area contributed by atoms with Gasteiger partial charge in [-0.25, -0.2) is 9.78 Å². The Kier molecular flexibility index (Phi) is 7.90. The van der Waals surface area contributed by atoms with Crippen LogP contribution in [0.5, 0.6) is 16.7 Å². The monoisotopic (exact) mass is 427 g/mol. The SMILES string of the molecule is CCOC(=O)C=Cc1ccc(OCCOC)cc1Oc1ncc(Br)s1. The summed E-state index contributed by atoms with van der Waals surface area (Å²) in [5.41, 5.74) is 0.707. The number of hydrogen-bond donors (Lipinski definition) is 0. The van der Waals surface area contributed by atoms with E-state index in [1.165, 1.54) is 17.4 Å². The second-order valence-electron chi connectivity index (χ2n) is 4.66. The Labute approximate surface area is 158 Å². The molecular formula is C17H18BrNO5S. The number of carbonyl (C=O) groups excluding carboxylic acids is 1. The molecule has 8 heteroatoms. The Morgan fingerprint density at radius 1 is 1.36 bits per heavy atom. The van der Waals surface area contributed by atoms with Crippen LogP contribution in [0, 0.1) is 0 Å². The van der Waals surface area contributed by atoms with Crippen molar-refractivity contribution in [1.82, 2.24) is 4.98 Å². The van der Waals surface area contributed by atoms with Crippen molar-refractivity contribution in [2.24, 2.45) is 0 Å². The molecule has 0 saturated carbocycles. The highest BCUT2D eigenvalue weighted by Gasteiger charge is 2.09. The molecule has 0 amide bonds. The molecule has 0 aliphatic heterocycles. The van der Waals surface area contributed by atoms with Gasteiger partial charge < -0.3 is 18.9 Å². The molecule has 1 heterocycles. The number of ether oxygens (including phenoxy) is 4. The lowest BCUT2D eigenvalue weighted by molar-refractivity contribution is -0.137. The van der Waals surface area contributed by atoms with Gasteiger partial charge in [0.1, 0.15) is 18.1 Å². The number of aromatic nitrogens is 1. The fourth-order valence-corrected chi connectivity index (χ4v) is 2.83. The molecule has 0 N–H and O–H groups in total. The normalized spacial score (nSPS) is 10.8. The molecule has 0 atom stereocenters. The van der Waals surface area contributed by atoms with Crippen molar-refractivity contribution in [2.75, 3.05) is 26.9 Å². The Bertz CT molecular complexity index is 732. The molecule has 0 radical (unpaired) electrons. The van der Waals surface area contributed by atoms with Crippen LogP contribution in [0.3, 0.4) is 0 Å². The van der Waals surface area contributed by atoms with E-state index in [9.17, 15) is 4.79 Å². The number of methoxy groups -OCH3 is 1. The van der Waals surface area contributed by atoms with Gasteiger partial charge in [0.2, 0.25) is 0 Å². The third-order valence-electron chi connectivity index (χ3n) is 2.88. The predicted octanol–water partition coefficient (Wildman–Crippen LogP) is 4.30. The van der Waals surface area contributed by atoms with Crippen LogP contribution >= 0.6 is 27.3 Å². The Balaban J connectivity index is 2.21. The van der Waals surface area contributed by atoms with Crippen molar-refractivity contribution >= 4 is 39.3 Å². The van der Waals surface area contributed by atoms with Crippen LogP contribution in [-0.4, -0.2) is 37.9 Å². The second-order valence-corrected chi connectivity index (χ2v) is 7.03. The summed E-state index contributed by atoms with van der Waals surface area (Å²) in [6, 6.07) is 5.34. The number of nitrogens with zero attached hydrogens (tertiary/aromatic N) is 1. The van der Waals surface area contributed by atoms with Crippen molar-refractivity contribution in [3.63, 3.8) is 0 Å². The minimum absolute atomic E-state index is 0.325. The van der Waals surface area contributed by atoms with Crippen LogP contribution < -0.4 is 9.47 Å². The number of hydrogen-bond acceptors (Lipinski definition) is 7. The molecule has 1 aromatic heterocycles. The first-order chi connectivity index (χ1) is 12.1. The van der Waals surface area contributed by atoms with E-state index < -0.39 is 5.97 Å². The fraction of sp³-hybridized carbons (Fsp3) is 0.294. The van der Waals surface area contributed by atoms with Crippen molar-refractivity contribution in [3.8, 4) is 16.7 Å². The molecular weight excluding hydrogens is 410 g/mol. The van der Waals surface area contributed by atoms with Gasteiger partial charge in [-0.3, -0.25) is 0 Å². The number of carbonyl (C=O) groups is 1. The molecule has 0 fully saturated rings. The van der Waals surface area contributed by atoms with Crippen LogP contribution in [-0.2, 0) is 14.3 Å². The minimum atomic E-state index is -0.411. The highest BCUT2D eigenvalue weighted by atomic mass is 79.9. The molecule has 0 bridgehead atoms. The Morgan fingerprint density at radius 2 is 2.20 bits per heavy atom. The van der Waals surface area contributed by atoms with Crippen molar-refractivity contribution in [3.05, 3.63) is 39.8 Å². The molecule has 0 unspecified atom stereocenters. The summed E-state index contributed by atoms with van der Waals surface area (Å²) in [5, 5.41) is 0.478. The Hall–Kier alpha value is -1.90. The summed E-state index contributed by atoms with van der Waals surface area (Å²) in [5.74, 6) is 0.749. The number of rotatable bonds is 9. The van der Waals surface area contributed by atoms with E-state index in [0.29, 0.717) is 42.1 Å². The number of esters is 1. The van der Waals surface area contributed by atoms with Crippen molar-refractivity contribution in [2.45, 2.75) is 6.92 Å². The topological polar surface area (TPSA) is 66.9 Å². The first-order valence-corrected chi connectivity index (χ1v) is 9.13. The summed E-state index contributed by atoms with van der Waals surface area (Å²) >= 11 is 4.71. The molecule has 2 aromatic rings. The highest BCUT2D eigenvalue weighted by molar-refractivity contribution is 9.11. The van der Waals surface area contributed by atoms with Gasteiger partial charge in [0.05, 0.1) is 23.2 Å². The van der Waals surface area contributed by atoms with Gasteiger partial charge in [-0.2, -0.15) is 0 Å². The second kappa shape index (κ2) is 10.2. The number of halogens is 1. The van der Waals surface area contributed by atoms with Crippen LogP contribution in [0.1, 0.15) is 12.5 Å². The fourth-order valence-electron chi connectivity index (χ4n) is 1.80. The van der Waals surface area contributed by atoms with E-state index in [1.807, 2.05) is 0 Å². The van der Waals surface area contributed by atoms with E-state index in [0.717, 1.165) is 3.79 Å². The molecule has 134 valence electrons. The van der Waals surface area contributed by atoms with Crippen LogP contribution in [0.15, 0.2) is 34.3 Å². The minimum Gasteiger partial charge on any atom is -0.491 e. The summed E-state index contributed by atoms with van der Waals surface area (Å²) < 4.78 is 22.2. The lowest BCUT2D eigenvalue weighted by Crippen LogP contribution is -2.04. The summed E-state index contributed by atoms with van der Waals surface area (Å²) in [6.45, 7) is 3.00. The van der Waals surface area contributed by atoms with E-state index in [4.69, 9.17) is 18.9 Å². The summed E-state index contributed by atoms with van der Waals surface area (Å²) in [4.78, 5) is 15.7. The zero-order valence-corrected chi connectivity index (χ0v) is 16.3. The smallest absolute Gasteiger partial charge is 0.330 e. The van der Waals surface area contributed by atoms with Gasteiger partial charge in [0.25, 0.3) is 5.19 Å². The first-order valence-electron chi connectivity index (χ1n) is 7.52. The maximum Gasteiger partial charge on any atom is 0.330 e. The van der Waals surface area contributed by atoms with Gasteiger partial charge >= 0.3 is 5.97 Å². The number of thiazole rings is 1. The zero-order chi connectivity index (χ0) is 18.1. The van der Waals surface area contributed by atoms with E-state index in [-0.39, 0.29) is 0 Å². The van der Waals surface area contributed by atoms with Crippen molar-refractivity contribution < 1.29 is 23.7 Å². The number of benzene rings is 1. The first kappa shape index (κ1) is 19.4. The van der Waals surface area contributed by atoms with Crippen LogP contribution in [0.4, 0.5) is 0 Å². The lowest BCUT2D eigenvalue weighted by Gasteiger charge is -2.10.